The maximum atomic E-state index is 9.49. The summed E-state index contributed by atoms with van der Waals surface area (Å²) in [7, 11) is 3.15. The zero-order chi connectivity index (χ0) is 23.2. The fraction of sp³-hybridized carbons (Fsp3) is 0.346. The van der Waals surface area contributed by atoms with E-state index in [-0.39, 0.29) is 5.76 Å². The molecule has 0 fully saturated rings. The highest BCUT2D eigenvalue weighted by Gasteiger charge is 2.20. The Balaban J connectivity index is 0.00000233. The molecule has 168 valence electrons. The standard InChI is InChI=1S/C24H29NO4.C2H6/c1-6-20(26)14-12-17(2)13-15-21-18(3)22(23(27-4)24(25-21)28-5)29-16-19-10-8-7-9-11-19;1-2/h6-12,14,26H,1,13,15-16H2,2-5H3;1-2H3/b17-12+,20-14+;. The summed E-state index contributed by atoms with van der Waals surface area (Å²) >= 11 is 0. The molecule has 0 spiro atoms. The lowest BCUT2D eigenvalue weighted by atomic mass is 10.0. The first kappa shape index (κ1) is 25.8. The van der Waals surface area contributed by atoms with Gasteiger partial charge >= 0.3 is 0 Å². The SMILES string of the molecule is C=C/C(O)=C\C=C(/C)CCc1nc(OC)c(OC)c(OCc2ccccc2)c1C.CC. The van der Waals surface area contributed by atoms with Gasteiger partial charge in [0.05, 0.1) is 19.9 Å². The van der Waals surface area contributed by atoms with E-state index in [1.807, 2.05) is 64.1 Å². The van der Waals surface area contributed by atoms with Crippen molar-refractivity contribution >= 4 is 0 Å². The van der Waals surface area contributed by atoms with Crippen LogP contribution in [0.3, 0.4) is 0 Å². The van der Waals surface area contributed by atoms with Crippen molar-refractivity contribution in [1.29, 1.82) is 0 Å². The molecule has 0 saturated carbocycles. The van der Waals surface area contributed by atoms with Crippen LogP contribution in [0.4, 0.5) is 0 Å². The van der Waals surface area contributed by atoms with E-state index in [2.05, 4.69) is 11.6 Å². The van der Waals surface area contributed by atoms with Crippen molar-refractivity contribution in [2.75, 3.05) is 14.2 Å². The van der Waals surface area contributed by atoms with Gasteiger partial charge in [0, 0.05) is 5.56 Å². The fourth-order valence-corrected chi connectivity index (χ4v) is 2.82. The second-order valence-electron chi connectivity index (χ2n) is 6.64. The minimum atomic E-state index is 0.140. The van der Waals surface area contributed by atoms with E-state index in [0.29, 0.717) is 30.4 Å². The predicted octanol–water partition coefficient (Wildman–Crippen LogP) is 6.52. The second kappa shape index (κ2) is 13.9. The van der Waals surface area contributed by atoms with Crippen LogP contribution < -0.4 is 14.2 Å². The molecule has 0 aliphatic carbocycles. The summed E-state index contributed by atoms with van der Waals surface area (Å²) in [6.45, 7) is 11.9. The Morgan fingerprint density at radius 2 is 1.74 bits per heavy atom. The predicted molar refractivity (Wildman–Crippen MR) is 127 cm³/mol. The van der Waals surface area contributed by atoms with Crippen molar-refractivity contribution in [3.05, 3.63) is 83.3 Å². The molecular weight excluding hydrogens is 390 g/mol. The Labute approximate surface area is 186 Å². The van der Waals surface area contributed by atoms with E-state index >= 15 is 0 Å². The Morgan fingerprint density at radius 3 is 2.32 bits per heavy atom. The first-order chi connectivity index (χ1) is 15.0. The van der Waals surface area contributed by atoms with Crippen LogP contribution in [0.5, 0.6) is 17.4 Å². The van der Waals surface area contributed by atoms with Gasteiger partial charge in [-0.05, 0) is 44.4 Å². The summed E-state index contributed by atoms with van der Waals surface area (Å²) in [5.41, 5.74) is 3.99. The molecular formula is C26H35NO4. The zero-order valence-corrected chi connectivity index (χ0v) is 19.6. The van der Waals surface area contributed by atoms with Crippen molar-refractivity contribution in [2.45, 2.75) is 47.1 Å². The molecule has 0 unspecified atom stereocenters. The van der Waals surface area contributed by atoms with Crippen LogP contribution in [0.15, 0.2) is 66.5 Å². The van der Waals surface area contributed by atoms with Gasteiger partial charge in [-0.15, -0.1) is 0 Å². The van der Waals surface area contributed by atoms with Crippen LogP contribution in [0.25, 0.3) is 0 Å². The molecule has 1 aromatic heterocycles. The number of aliphatic hydroxyl groups excluding tert-OH is 1. The third kappa shape index (κ3) is 7.85. The van der Waals surface area contributed by atoms with E-state index in [1.165, 1.54) is 6.08 Å². The number of aliphatic hydroxyl groups is 1. The highest BCUT2D eigenvalue weighted by Crippen LogP contribution is 2.40. The molecule has 5 heteroatoms. The van der Waals surface area contributed by atoms with E-state index in [0.717, 1.165) is 28.8 Å². The van der Waals surface area contributed by atoms with Gasteiger partial charge in [-0.1, -0.05) is 62.4 Å². The maximum absolute atomic E-state index is 9.49. The smallest absolute Gasteiger partial charge is 0.261 e. The molecule has 2 aromatic rings. The van der Waals surface area contributed by atoms with Gasteiger partial charge < -0.3 is 19.3 Å². The monoisotopic (exact) mass is 425 g/mol. The number of nitrogens with zero attached hydrogens (tertiary/aromatic N) is 1. The minimum Gasteiger partial charge on any atom is -0.508 e. The van der Waals surface area contributed by atoms with Crippen molar-refractivity contribution in [3.8, 4) is 17.4 Å². The molecule has 0 saturated heterocycles. The Bertz CT molecular complexity index is 886. The van der Waals surface area contributed by atoms with E-state index in [4.69, 9.17) is 14.2 Å². The lowest BCUT2D eigenvalue weighted by Crippen LogP contribution is -2.06. The van der Waals surface area contributed by atoms with E-state index in [9.17, 15) is 5.11 Å². The summed E-state index contributed by atoms with van der Waals surface area (Å²) in [6.07, 6.45) is 6.40. The van der Waals surface area contributed by atoms with Crippen molar-refractivity contribution in [3.63, 3.8) is 0 Å². The Morgan fingerprint density at radius 1 is 1.06 bits per heavy atom. The fourth-order valence-electron chi connectivity index (χ4n) is 2.82. The van der Waals surface area contributed by atoms with Gasteiger partial charge in [-0.2, -0.15) is 0 Å². The van der Waals surface area contributed by atoms with Gasteiger partial charge in [0.15, 0.2) is 5.75 Å². The number of methoxy groups -OCH3 is 2. The molecule has 5 nitrogen and oxygen atoms in total. The number of allylic oxidation sites excluding steroid dienone is 4. The number of pyridine rings is 1. The first-order valence-electron chi connectivity index (χ1n) is 10.5. The molecule has 31 heavy (non-hydrogen) atoms. The quantitative estimate of drug-likeness (QED) is 0.347. The molecule has 1 aromatic carbocycles. The zero-order valence-electron chi connectivity index (χ0n) is 19.6. The molecule has 0 atom stereocenters. The Kier molecular flexibility index (Phi) is 11.6. The molecule has 1 N–H and O–H groups in total. The lowest BCUT2D eigenvalue weighted by molar-refractivity contribution is 0.269. The van der Waals surface area contributed by atoms with Gasteiger partial charge in [-0.25, -0.2) is 4.98 Å². The molecule has 2 rings (SSSR count). The second-order valence-corrected chi connectivity index (χ2v) is 6.64. The molecule has 0 aliphatic heterocycles. The number of ether oxygens (including phenoxy) is 3. The highest BCUT2D eigenvalue weighted by atomic mass is 16.5. The first-order valence-corrected chi connectivity index (χ1v) is 10.5. The van der Waals surface area contributed by atoms with Crippen LogP contribution >= 0.6 is 0 Å². The van der Waals surface area contributed by atoms with Gasteiger partial charge in [-0.3, -0.25) is 0 Å². The minimum absolute atomic E-state index is 0.140. The average molecular weight is 426 g/mol. The summed E-state index contributed by atoms with van der Waals surface area (Å²) in [6, 6.07) is 9.97. The summed E-state index contributed by atoms with van der Waals surface area (Å²) < 4.78 is 17.1. The van der Waals surface area contributed by atoms with Crippen LogP contribution in [0.1, 0.15) is 44.0 Å². The number of benzene rings is 1. The van der Waals surface area contributed by atoms with Gasteiger partial charge in [0.1, 0.15) is 12.4 Å². The van der Waals surface area contributed by atoms with E-state index in [1.54, 1.807) is 20.3 Å². The van der Waals surface area contributed by atoms with Crippen LogP contribution in [0, 0.1) is 6.92 Å². The van der Waals surface area contributed by atoms with Crippen LogP contribution in [-0.2, 0) is 13.0 Å². The normalized spacial score (nSPS) is 11.3. The third-order valence-electron chi connectivity index (χ3n) is 4.54. The van der Waals surface area contributed by atoms with Crippen molar-refractivity contribution < 1.29 is 19.3 Å². The molecule has 0 amide bonds. The van der Waals surface area contributed by atoms with Crippen molar-refractivity contribution in [2.24, 2.45) is 0 Å². The highest BCUT2D eigenvalue weighted by molar-refractivity contribution is 5.54. The largest absolute Gasteiger partial charge is 0.508 e. The van der Waals surface area contributed by atoms with Gasteiger partial charge in [0.25, 0.3) is 5.88 Å². The molecule has 0 aliphatic rings. The number of hydrogen-bond donors (Lipinski definition) is 1. The van der Waals surface area contributed by atoms with E-state index < -0.39 is 0 Å². The molecule has 1 heterocycles. The number of hydrogen-bond acceptors (Lipinski definition) is 5. The number of aromatic nitrogens is 1. The van der Waals surface area contributed by atoms with Crippen molar-refractivity contribution in [1.82, 2.24) is 4.98 Å². The maximum Gasteiger partial charge on any atom is 0.261 e. The molecule has 0 radical (unpaired) electrons. The van der Waals surface area contributed by atoms with Crippen LogP contribution in [-0.4, -0.2) is 24.3 Å². The Hall–Kier alpha value is -3.21. The summed E-state index contributed by atoms with van der Waals surface area (Å²) in [5.74, 6) is 1.68. The lowest BCUT2D eigenvalue weighted by Gasteiger charge is -2.18. The molecule has 0 bridgehead atoms. The topological polar surface area (TPSA) is 60.8 Å². The number of aryl methyl sites for hydroxylation is 1. The average Bonchev–Trinajstić information content (AvgIpc) is 2.82. The van der Waals surface area contributed by atoms with Gasteiger partial charge in [0.2, 0.25) is 5.75 Å². The number of rotatable bonds is 10. The third-order valence-corrected chi connectivity index (χ3v) is 4.54. The van der Waals surface area contributed by atoms with Crippen LogP contribution in [0.2, 0.25) is 0 Å². The summed E-state index contributed by atoms with van der Waals surface area (Å²) in [5, 5.41) is 9.49. The summed E-state index contributed by atoms with van der Waals surface area (Å²) in [4.78, 5) is 4.63.